The number of carbonyl (C=O) groups excluding carboxylic acids is 2. The maximum absolute atomic E-state index is 13.0. The van der Waals surface area contributed by atoms with E-state index in [0.717, 1.165) is 12.1 Å². The molecule has 1 aliphatic rings. The van der Waals surface area contributed by atoms with Crippen LogP contribution in [0.2, 0.25) is 0 Å². The van der Waals surface area contributed by atoms with Crippen LogP contribution in [0, 0.1) is 0 Å². The summed E-state index contributed by atoms with van der Waals surface area (Å²) < 4.78 is 39.1. The molecule has 0 saturated carbocycles. The molecule has 3 amide bonds. The van der Waals surface area contributed by atoms with Gasteiger partial charge in [0.05, 0.1) is 0 Å². The Morgan fingerprint density at radius 1 is 1.06 bits per heavy atom. The summed E-state index contributed by atoms with van der Waals surface area (Å²) in [6.07, 6.45) is -4.91. The van der Waals surface area contributed by atoms with Crippen molar-refractivity contribution >= 4 is 11.9 Å². The molecule has 1 fully saturated rings. The monoisotopic (exact) mass is 244 g/mol. The summed E-state index contributed by atoms with van der Waals surface area (Å²) >= 11 is 0. The number of rotatable bonds is 1. The van der Waals surface area contributed by atoms with Crippen LogP contribution >= 0.6 is 0 Å². The molecule has 0 spiro atoms. The van der Waals surface area contributed by atoms with Gasteiger partial charge in [0.1, 0.15) is 0 Å². The Balaban J connectivity index is 2.61. The van der Waals surface area contributed by atoms with Crippen molar-refractivity contribution in [1.82, 2.24) is 10.6 Å². The van der Waals surface area contributed by atoms with Gasteiger partial charge in [0.25, 0.3) is 5.91 Å². The lowest BCUT2D eigenvalue weighted by atomic mass is 9.89. The quantitative estimate of drug-likeness (QED) is 0.731. The van der Waals surface area contributed by atoms with Crippen molar-refractivity contribution in [3.05, 3.63) is 35.9 Å². The number of urea groups is 1. The second kappa shape index (κ2) is 3.47. The van der Waals surface area contributed by atoms with E-state index < -0.39 is 23.7 Å². The molecule has 0 bridgehead atoms. The topological polar surface area (TPSA) is 58.2 Å². The number of hydrogen-bond acceptors (Lipinski definition) is 2. The molecule has 0 radical (unpaired) electrons. The number of nitrogens with one attached hydrogen (secondary N) is 2. The molecule has 1 aromatic rings. The summed E-state index contributed by atoms with van der Waals surface area (Å²) in [6, 6.07) is 5.36. The second-order valence-corrected chi connectivity index (χ2v) is 3.52. The lowest BCUT2D eigenvalue weighted by Gasteiger charge is -2.28. The zero-order valence-electron chi connectivity index (χ0n) is 8.34. The van der Waals surface area contributed by atoms with Crippen molar-refractivity contribution in [2.24, 2.45) is 0 Å². The first-order valence-electron chi connectivity index (χ1n) is 4.64. The van der Waals surface area contributed by atoms with E-state index in [1.807, 2.05) is 0 Å². The van der Waals surface area contributed by atoms with Gasteiger partial charge in [-0.15, -0.1) is 0 Å². The van der Waals surface area contributed by atoms with Crippen LogP contribution in [-0.2, 0) is 10.3 Å². The molecule has 0 unspecified atom stereocenters. The van der Waals surface area contributed by atoms with E-state index in [1.165, 1.54) is 18.2 Å². The maximum Gasteiger partial charge on any atom is 0.425 e. The highest BCUT2D eigenvalue weighted by Crippen LogP contribution is 2.40. The van der Waals surface area contributed by atoms with Crippen molar-refractivity contribution in [3.8, 4) is 0 Å². The van der Waals surface area contributed by atoms with Gasteiger partial charge in [0.2, 0.25) is 5.54 Å². The zero-order valence-corrected chi connectivity index (χ0v) is 8.34. The SMILES string of the molecule is O=C1NC(=O)[C@@](c2ccccc2)(C(F)(F)F)N1. The molecular formula is C10H7F3N2O2. The van der Waals surface area contributed by atoms with Crippen LogP contribution in [0.1, 0.15) is 5.56 Å². The van der Waals surface area contributed by atoms with Crippen molar-refractivity contribution in [2.75, 3.05) is 0 Å². The van der Waals surface area contributed by atoms with E-state index >= 15 is 0 Å². The Labute approximate surface area is 93.8 Å². The maximum atomic E-state index is 13.0. The Morgan fingerprint density at radius 3 is 2.06 bits per heavy atom. The number of imide groups is 1. The second-order valence-electron chi connectivity index (χ2n) is 3.52. The fraction of sp³-hybridized carbons (Fsp3) is 0.200. The van der Waals surface area contributed by atoms with Gasteiger partial charge in [0.15, 0.2) is 0 Å². The van der Waals surface area contributed by atoms with E-state index in [2.05, 4.69) is 0 Å². The van der Waals surface area contributed by atoms with E-state index in [9.17, 15) is 22.8 Å². The first kappa shape index (κ1) is 11.4. The summed E-state index contributed by atoms with van der Waals surface area (Å²) in [6.45, 7) is 0. The summed E-state index contributed by atoms with van der Waals surface area (Å²) in [4.78, 5) is 22.4. The van der Waals surface area contributed by atoms with Crippen LogP contribution in [0.3, 0.4) is 0 Å². The minimum absolute atomic E-state index is 0.323. The minimum atomic E-state index is -4.91. The number of hydrogen-bond donors (Lipinski definition) is 2. The highest BCUT2D eigenvalue weighted by Gasteiger charge is 2.66. The molecule has 1 atom stereocenters. The molecule has 0 aromatic heterocycles. The van der Waals surface area contributed by atoms with Crippen LogP contribution < -0.4 is 10.6 Å². The molecule has 17 heavy (non-hydrogen) atoms. The first-order chi connectivity index (χ1) is 7.88. The molecule has 1 aliphatic heterocycles. The lowest BCUT2D eigenvalue weighted by Crippen LogP contribution is -2.55. The fourth-order valence-corrected chi connectivity index (χ4v) is 1.71. The molecule has 1 aromatic carbocycles. The zero-order chi connectivity index (χ0) is 12.7. The molecule has 90 valence electrons. The number of carbonyl (C=O) groups is 2. The average molecular weight is 244 g/mol. The highest BCUT2D eigenvalue weighted by atomic mass is 19.4. The largest absolute Gasteiger partial charge is 0.425 e. The lowest BCUT2D eigenvalue weighted by molar-refractivity contribution is -0.195. The van der Waals surface area contributed by atoms with Crippen molar-refractivity contribution < 1.29 is 22.8 Å². The van der Waals surface area contributed by atoms with Crippen LogP contribution in [-0.4, -0.2) is 18.1 Å². The van der Waals surface area contributed by atoms with E-state index in [4.69, 9.17) is 0 Å². The van der Waals surface area contributed by atoms with Gasteiger partial charge in [-0.25, -0.2) is 4.79 Å². The third-order valence-electron chi connectivity index (χ3n) is 2.50. The molecule has 2 N–H and O–H groups in total. The Bertz CT molecular complexity index is 472. The van der Waals surface area contributed by atoms with Crippen LogP contribution in [0.4, 0.5) is 18.0 Å². The third-order valence-corrected chi connectivity index (χ3v) is 2.50. The molecule has 1 heterocycles. The van der Waals surface area contributed by atoms with Crippen LogP contribution in [0.25, 0.3) is 0 Å². The number of alkyl halides is 3. The van der Waals surface area contributed by atoms with Gasteiger partial charge < -0.3 is 5.32 Å². The van der Waals surface area contributed by atoms with Crippen LogP contribution in [0.15, 0.2) is 30.3 Å². The molecule has 1 saturated heterocycles. The number of amides is 3. The van der Waals surface area contributed by atoms with E-state index in [-0.39, 0.29) is 5.56 Å². The fourth-order valence-electron chi connectivity index (χ4n) is 1.71. The first-order valence-corrected chi connectivity index (χ1v) is 4.64. The summed E-state index contributed by atoms with van der Waals surface area (Å²) in [7, 11) is 0. The third kappa shape index (κ3) is 1.54. The molecule has 2 rings (SSSR count). The molecule has 4 nitrogen and oxygen atoms in total. The van der Waals surface area contributed by atoms with E-state index in [1.54, 1.807) is 10.6 Å². The van der Waals surface area contributed by atoms with E-state index in [0.29, 0.717) is 0 Å². The molecule has 7 heteroatoms. The van der Waals surface area contributed by atoms with Crippen molar-refractivity contribution in [3.63, 3.8) is 0 Å². The molecule has 0 aliphatic carbocycles. The Kier molecular flexibility index (Phi) is 2.34. The minimum Gasteiger partial charge on any atom is -0.312 e. The average Bonchev–Trinajstić information content (AvgIpc) is 2.55. The van der Waals surface area contributed by atoms with Gasteiger partial charge in [-0.3, -0.25) is 10.1 Å². The van der Waals surface area contributed by atoms with Gasteiger partial charge >= 0.3 is 12.2 Å². The molecular weight excluding hydrogens is 237 g/mol. The van der Waals surface area contributed by atoms with Gasteiger partial charge in [-0.05, 0) is 5.56 Å². The predicted octanol–water partition coefficient (Wildman–Crippen LogP) is 1.28. The predicted molar refractivity (Wildman–Crippen MR) is 50.8 cm³/mol. The Hall–Kier alpha value is -2.05. The smallest absolute Gasteiger partial charge is 0.312 e. The van der Waals surface area contributed by atoms with Gasteiger partial charge in [-0.1, -0.05) is 30.3 Å². The van der Waals surface area contributed by atoms with Crippen LogP contribution in [0.5, 0.6) is 0 Å². The summed E-state index contributed by atoms with van der Waals surface area (Å²) in [5, 5.41) is 3.25. The van der Waals surface area contributed by atoms with Gasteiger partial charge in [-0.2, -0.15) is 13.2 Å². The van der Waals surface area contributed by atoms with Crippen molar-refractivity contribution in [2.45, 2.75) is 11.7 Å². The van der Waals surface area contributed by atoms with Crippen molar-refractivity contribution in [1.29, 1.82) is 0 Å². The normalized spacial score (nSPS) is 24.4. The van der Waals surface area contributed by atoms with Gasteiger partial charge in [0, 0.05) is 0 Å². The Morgan fingerprint density at radius 2 is 1.65 bits per heavy atom. The highest BCUT2D eigenvalue weighted by molar-refractivity contribution is 6.08. The summed E-state index contributed by atoms with van der Waals surface area (Å²) in [5.74, 6) is -1.42. The number of benzene rings is 1. The standard InChI is InChI=1S/C10H7F3N2O2/c11-10(12,13)9(6-4-2-1-3-5-6)7(16)14-8(17)15-9/h1-5H,(H2,14,15,16,17)/t9-/m0/s1. The number of halogens is 3. The summed E-state index contributed by atoms with van der Waals surface area (Å²) in [5.41, 5.74) is -3.32.